The third kappa shape index (κ3) is 6.71. The van der Waals surface area contributed by atoms with Gasteiger partial charge in [0.15, 0.2) is 0 Å². The van der Waals surface area contributed by atoms with Crippen molar-refractivity contribution in [3.8, 4) is 17.1 Å². The Hall–Kier alpha value is -4.12. The average molecular weight is 563 g/mol. The summed E-state index contributed by atoms with van der Waals surface area (Å²) < 4.78 is 18.8. The van der Waals surface area contributed by atoms with E-state index in [0.717, 1.165) is 36.1 Å². The molecule has 1 aliphatic rings. The Balaban J connectivity index is 1.41. The number of nitrogens with zero attached hydrogens (tertiary/aromatic N) is 5. The molecule has 0 saturated heterocycles. The van der Waals surface area contributed by atoms with Crippen molar-refractivity contribution >= 4 is 23.2 Å². The van der Waals surface area contributed by atoms with Crippen molar-refractivity contribution in [2.75, 3.05) is 7.11 Å². The van der Waals surface area contributed by atoms with Gasteiger partial charge in [-0.3, -0.25) is 9.59 Å². The van der Waals surface area contributed by atoms with Crippen molar-refractivity contribution in [1.29, 1.82) is 0 Å². The predicted molar refractivity (Wildman–Crippen MR) is 149 cm³/mol. The zero-order valence-electron chi connectivity index (χ0n) is 22.2. The quantitative estimate of drug-likeness (QED) is 0.299. The molecule has 2 aromatic heterocycles. The molecule has 1 aliphatic carbocycles. The lowest BCUT2D eigenvalue weighted by atomic mass is 9.95. The van der Waals surface area contributed by atoms with Crippen LogP contribution in [-0.2, 0) is 22.7 Å². The number of thiophene rings is 1. The number of rotatable bonds is 10. The fraction of sp³-hybridized carbons (Fsp3) is 0.345. The third-order valence-electron chi connectivity index (χ3n) is 6.99. The Bertz CT molecular complexity index is 1400. The maximum atomic E-state index is 13.9. The lowest BCUT2D eigenvalue weighted by molar-refractivity contribution is -0.142. The molecule has 0 bridgehead atoms. The molecule has 1 fully saturated rings. The van der Waals surface area contributed by atoms with Gasteiger partial charge >= 0.3 is 0 Å². The Morgan fingerprint density at radius 3 is 2.52 bits per heavy atom. The van der Waals surface area contributed by atoms with Gasteiger partial charge in [0, 0.05) is 23.0 Å². The van der Waals surface area contributed by atoms with Gasteiger partial charge in [0.1, 0.15) is 24.2 Å². The second-order valence-corrected chi connectivity index (χ2v) is 10.8. The molecule has 11 heteroatoms. The largest absolute Gasteiger partial charge is 0.497 e. The summed E-state index contributed by atoms with van der Waals surface area (Å²) in [4.78, 5) is 31.1. The van der Waals surface area contributed by atoms with Crippen molar-refractivity contribution in [2.24, 2.45) is 0 Å². The molecule has 1 atom stereocenters. The van der Waals surface area contributed by atoms with E-state index < -0.39 is 6.04 Å². The van der Waals surface area contributed by atoms with Gasteiger partial charge < -0.3 is 15.0 Å². The topological polar surface area (TPSA) is 102 Å². The molecule has 0 aliphatic heterocycles. The van der Waals surface area contributed by atoms with E-state index >= 15 is 0 Å². The zero-order chi connectivity index (χ0) is 27.9. The molecule has 9 nitrogen and oxygen atoms in total. The highest BCUT2D eigenvalue weighted by molar-refractivity contribution is 7.10. The second-order valence-electron chi connectivity index (χ2n) is 9.78. The van der Waals surface area contributed by atoms with Crippen LogP contribution in [0.3, 0.4) is 0 Å². The minimum atomic E-state index is -0.857. The summed E-state index contributed by atoms with van der Waals surface area (Å²) in [6.07, 6.45) is 5.15. The number of methoxy groups -OCH3 is 1. The number of hydrogen-bond donors (Lipinski definition) is 1. The van der Waals surface area contributed by atoms with Crippen LogP contribution in [0.1, 0.15) is 48.6 Å². The summed E-state index contributed by atoms with van der Waals surface area (Å²) in [5, 5.41) is 17.7. The monoisotopic (exact) mass is 562 g/mol. The van der Waals surface area contributed by atoms with Gasteiger partial charge in [-0.2, -0.15) is 4.80 Å². The highest BCUT2D eigenvalue weighted by Gasteiger charge is 2.34. The number of ether oxygens (including phenoxy) is 1. The van der Waals surface area contributed by atoms with Gasteiger partial charge in [-0.1, -0.05) is 37.5 Å². The van der Waals surface area contributed by atoms with Crippen molar-refractivity contribution in [1.82, 2.24) is 30.4 Å². The first-order valence-corrected chi connectivity index (χ1v) is 14.2. The Labute approximate surface area is 236 Å². The molecule has 2 heterocycles. The standard InChI is InChI=1S/C29H31FN6O3S/c1-39-24-15-11-21(12-16-24)28-32-34-36(33-28)19-26(37)35(18-20-9-13-22(30)14-10-20)27(25-8-5-17-40-25)29(38)31-23-6-3-2-4-7-23/h5,8-17,23,27H,2-4,6-7,18-19H2,1H3,(H,31,38)/t27-/m0/s1. The summed E-state index contributed by atoms with van der Waals surface area (Å²) in [5.41, 5.74) is 1.43. The molecule has 0 radical (unpaired) electrons. The molecule has 0 spiro atoms. The van der Waals surface area contributed by atoms with Crippen LogP contribution in [0.2, 0.25) is 0 Å². The first-order valence-electron chi connectivity index (χ1n) is 13.3. The minimum absolute atomic E-state index is 0.0792. The van der Waals surface area contributed by atoms with Crippen LogP contribution in [0.4, 0.5) is 4.39 Å². The number of halogens is 1. The maximum Gasteiger partial charge on any atom is 0.248 e. The SMILES string of the molecule is COc1ccc(-c2nnn(CC(=O)N(Cc3ccc(F)cc3)[C@H](C(=O)NC3CCCCC3)c3cccs3)n2)cc1. The summed E-state index contributed by atoms with van der Waals surface area (Å²) in [7, 11) is 1.59. The number of aromatic nitrogens is 4. The zero-order valence-corrected chi connectivity index (χ0v) is 23.0. The van der Waals surface area contributed by atoms with Crippen LogP contribution in [0.15, 0.2) is 66.0 Å². The number of carbonyl (C=O) groups excluding carboxylic acids is 2. The average Bonchev–Trinajstić information content (AvgIpc) is 3.67. The molecular weight excluding hydrogens is 531 g/mol. The van der Waals surface area contributed by atoms with Gasteiger partial charge in [-0.25, -0.2) is 4.39 Å². The van der Waals surface area contributed by atoms with E-state index in [2.05, 4.69) is 20.7 Å². The normalized spacial score (nSPS) is 14.4. The number of carbonyl (C=O) groups is 2. The first kappa shape index (κ1) is 27.4. The smallest absolute Gasteiger partial charge is 0.248 e. The molecule has 2 aromatic carbocycles. The van der Waals surface area contributed by atoms with Gasteiger partial charge in [0.05, 0.1) is 7.11 Å². The number of benzene rings is 2. The van der Waals surface area contributed by atoms with Crippen molar-refractivity contribution in [3.63, 3.8) is 0 Å². The Kier molecular flexibility index (Phi) is 8.80. The Morgan fingerprint density at radius 1 is 1.10 bits per heavy atom. The van der Waals surface area contributed by atoms with Gasteiger partial charge in [-0.15, -0.1) is 21.5 Å². The molecular formula is C29H31FN6O3S. The molecule has 0 unspecified atom stereocenters. The van der Waals surface area contributed by atoms with E-state index in [1.807, 2.05) is 29.6 Å². The predicted octanol–water partition coefficient (Wildman–Crippen LogP) is 4.77. The molecule has 4 aromatic rings. The minimum Gasteiger partial charge on any atom is -0.497 e. The van der Waals surface area contributed by atoms with Crippen molar-refractivity contribution in [3.05, 3.63) is 82.3 Å². The lowest BCUT2D eigenvalue weighted by Gasteiger charge is -2.32. The molecule has 40 heavy (non-hydrogen) atoms. The fourth-order valence-corrected chi connectivity index (χ4v) is 5.72. The third-order valence-corrected chi connectivity index (χ3v) is 7.91. The molecule has 2 amide bonds. The summed E-state index contributed by atoms with van der Waals surface area (Å²) in [6, 6.07) is 16.1. The maximum absolute atomic E-state index is 13.9. The molecule has 1 saturated carbocycles. The summed E-state index contributed by atoms with van der Waals surface area (Å²) in [6.45, 7) is -0.108. The van der Waals surface area contributed by atoms with Crippen LogP contribution < -0.4 is 10.1 Å². The van der Waals surface area contributed by atoms with E-state index in [1.165, 1.54) is 39.6 Å². The first-order chi connectivity index (χ1) is 19.5. The number of hydrogen-bond acceptors (Lipinski definition) is 7. The highest BCUT2D eigenvalue weighted by Crippen LogP contribution is 2.29. The van der Waals surface area contributed by atoms with Crippen molar-refractivity contribution in [2.45, 2.75) is 57.3 Å². The number of tetrazole rings is 1. The van der Waals surface area contributed by atoms with E-state index in [9.17, 15) is 14.0 Å². The van der Waals surface area contributed by atoms with Gasteiger partial charge in [0.2, 0.25) is 17.6 Å². The van der Waals surface area contributed by atoms with Crippen molar-refractivity contribution < 1.29 is 18.7 Å². The van der Waals surface area contributed by atoms with Crippen LogP contribution in [0.5, 0.6) is 5.75 Å². The fourth-order valence-electron chi connectivity index (χ4n) is 4.89. The molecule has 5 rings (SSSR count). The number of amides is 2. The van der Waals surface area contributed by atoms with Gasteiger partial charge in [-0.05, 0) is 71.5 Å². The van der Waals surface area contributed by atoms with Gasteiger partial charge in [0.25, 0.3) is 0 Å². The number of nitrogens with one attached hydrogen (secondary N) is 1. The summed E-state index contributed by atoms with van der Waals surface area (Å²) >= 11 is 1.42. The second kappa shape index (κ2) is 12.8. The van der Waals surface area contributed by atoms with Crippen LogP contribution >= 0.6 is 11.3 Å². The van der Waals surface area contributed by atoms with E-state index in [4.69, 9.17) is 4.74 Å². The van der Waals surface area contributed by atoms with Crippen LogP contribution in [0, 0.1) is 5.82 Å². The lowest BCUT2D eigenvalue weighted by Crippen LogP contribution is -2.47. The molecule has 1 N–H and O–H groups in total. The highest BCUT2D eigenvalue weighted by atomic mass is 32.1. The Morgan fingerprint density at radius 2 is 1.85 bits per heavy atom. The van der Waals surface area contributed by atoms with E-state index in [0.29, 0.717) is 17.1 Å². The van der Waals surface area contributed by atoms with Crippen LogP contribution in [0.25, 0.3) is 11.4 Å². The van der Waals surface area contributed by atoms with E-state index in [1.54, 1.807) is 31.4 Å². The van der Waals surface area contributed by atoms with Crippen LogP contribution in [-0.4, -0.2) is 50.1 Å². The summed E-state index contributed by atoms with van der Waals surface area (Å²) in [5.74, 6) is 0.110. The van der Waals surface area contributed by atoms with E-state index in [-0.39, 0.29) is 36.8 Å². The molecule has 208 valence electrons.